The molecule has 0 aliphatic heterocycles. The van der Waals surface area contributed by atoms with Gasteiger partial charge < -0.3 is 16.0 Å². The van der Waals surface area contributed by atoms with Crippen LogP contribution in [0.4, 0.5) is 42.1 Å². The molecule has 0 bridgehead atoms. The van der Waals surface area contributed by atoms with E-state index in [1.54, 1.807) is 47.4 Å². The van der Waals surface area contributed by atoms with Crippen molar-refractivity contribution in [1.82, 2.24) is 24.5 Å². The molecule has 0 saturated heterocycles. The summed E-state index contributed by atoms with van der Waals surface area (Å²) in [6, 6.07) is 14.9. The number of anilines is 5. The van der Waals surface area contributed by atoms with Crippen LogP contribution < -0.4 is 16.0 Å². The molecule has 0 atom stereocenters. The summed E-state index contributed by atoms with van der Waals surface area (Å²) >= 11 is 0. The quantitative estimate of drug-likeness (QED) is 0.217. The van der Waals surface area contributed by atoms with Gasteiger partial charge in [-0.1, -0.05) is 18.2 Å². The molecule has 0 aliphatic rings. The first kappa shape index (κ1) is 26.4. The summed E-state index contributed by atoms with van der Waals surface area (Å²) in [6.45, 7) is 3.81. The second-order valence-corrected chi connectivity index (χ2v) is 8.86. The van der Waals surface area contributed by atoms with E-state index in [1.165, 1.54) is 18.5 Å². The van der Waals surface area contributed by atoms with Gasteiger partial charge in [0.15, 0.2) is 0 Å². The highest BCUT2D eigenvalue weighted by Crippen LogP contribution is 2.30. The van der Waals surface area contributed by atoms with Gasteiger partial charge in [-0.15, -0.1) is 0 Å². The van der Waals surface area contributed by atoms with Crippen LogP contribution in [0.5, 0.6) is 0 Å². The maximum Gasteiger partial charge on any atom is 0.416 e. The number of alkyl halides is 3. The topological polar surface area (TPSA) is 110 Å². The third-order valence-corrected chi connectivity index (χ3v) is 5.99. The first-order valence-electron chi connectivity index (χ1n) is 12.1. The van der Waals surface area contributed by atoms with Gasteiger partial charge in [0.05, 0.1) is 5.56 Å². The number of aryl methyl sites for hydroxylation is 2. The molecule has 9 nitrogen and oxygen atoms in total. The van der Waals surface area contributed by atoms with E-state index < -0.39 is 17.6 Å². The predicted octanol–water partition coefficient (Wildman–Crippen LogP) is 6.43. The van der Waals surface area contributed by atoms with Crippen LogP contribution >= 0.6 is 0 Å². The van der Waals surface area contributed by atoms with E-state index >= 15 is 0 Å². The lowest BCUT2D eigenvalue weighted by Gasteiger charge is -2.14. The van der Waals surface area contributed by atoms with E-state index in [4.69, 9.17) is 0 Å². The number of amides is 1. The maximum absolute atomic E-state index is 13.1. The number of nitrogens with one attached hydrogen (secondary N) is 3. The first-order chi connectivity index (χ1) is 19.2. The zero-order valence-corrected chi connectivity index (χ0v) is 21.4. The molecular weight excluding hydrogens is 521 g/mol. The van der Waals surface area contributed by atoms with E-state index in [9.17, 15) is 18.0 Å². The highest BCUT2D eigenvalue weighted by atomic mass is 19.4. The number of hydrogen-bond donors (Lipinski definition) is 3. The molecule has 3 N–H and O–H groups in total. The van der Waals surface area contributed by atoms with Crippen molar-refractivity contribution in [2.45, 2.75) is 20.0 Å². The van der Waals surface area contributed by atoms with Crippen LogP contribution in [0.15, 0.2) is 85.6 Å². The Morgan fingerprint density at radius 3 is 2.50 bits per heavy atom. The lowest BCUT2D eigenvalue weighted by atomic mass is 10.1. The van der Waals surface area contributed by atoms with E-state index in [0.717, 1.165) is 23.3 Å². The smallest absolute Gasteiger partial charge is 0.325 e. The summed E-state index contributed by atoms with van der Waals surface area (Å²) in [5.74, 6) is 1.55. The van der Waals surface area contributed by atoms with Crippen molar-refractivity contribution in [2.75, 3.05) is 16.0 Å². The molecule has 40 heavy (non-hydrogen) atoms. The average molecular weight is 545 g/mol. The number of benzene rings is 2. The Morgan fingerprint density at radius 1 is 0.850 bits per heavy atom. The van der Waals surface area contributed by atoms with Gasteiger partial charge in [0.1, 0.15) is 23.8 Å². The van der Waals surface area contributed by atoms with Gasteiger partial charge >= 0.3 is 6.18 Å². The summed E-state index contributed by atoms with van der Waals surface area (Å²) < 4.78 is 40.9. The monoisotopic (exact) mass is 544 g/mol. The summed E-state index contributed by atoms with van der Waals surface area (Å²) in [5, 5.41) is 9.08. The molecule has 0 fully saturated rings. The zero-order chi connectivity index (χ0) is 28.3. The minimum atomic E-state index is -4.54. The van der Waals surface area contributed by atoms with Gasteiger partial charge in [0, 0.05) is 41.6 Å². The molecule has 1 amide bonds. The molecule has 0 aliphatic carbocycles. The van der Waals surface area contributed by atoms with Crippen molar-refractivity contribution in [2.24, 2.45) is 0 Å². The molecule has 0 spiro atoms. The number of carbonyl (C=O) groups excluding carboxylic acids is 1. The van der Waals surface area contributed by atoms with Crippen molar-refractivity contribution in [1.29, 1.82) is 0 Å². The highest BCUT2D eigenvalue weighted by Gasteiger charge is 2.30. The summed E-state index contributed by atoms with van der Waals surface area (Å²) in [5.41, 5.74) is 1.84. The van der Waals surface area contributed by atoms with Gasteiger partial charge in [-0.05, 0) is 61.4 Å². The van der Waals surface area contributed by atoms with Crippen LogP contribution in [0.1, 0.15) is 27.0 Å². The van der Waals surface area contributed by atoms with Crippen LogP contribution in [0, 0.1) is 13.8 Å². The number of aromatic nitrogens is 5. The Balaban J connectivity index is 1.35. The summed E-state index contributed by atoms with van der Waals surface area (Å²) in [6.07, 6.45) is 1.91. The Labute approximate surface area is 227 Å². The number of halogens is 3. The molecule has 0 unspecified atom stereocenters. The minimum absolute atomic E-state index is 0.102. The van der Waals surface area contributed by atoms with Crippen LogP contribution in [0.3, 0.4) is 0 Å². The summed E-state index contributed by atoms with van der Waals surface area (Å²) in [7, 11) is 0. The fourth-order valence-corrected chi connectivity index (χ4v) is 3.86. The van der Waals surface area contributed by atoms with Crippen LogP contribution in [0.25, 0.3) is 5.82 Å². The predicted molar refractivity (Wildman–Crippen MR) is 145 cm³/mol. The van der Waals surface area contributed by atoms with Gasteiger partial charge in [0.25, 0.3) is 5.91 Å². The van der Waals surface area contributed by atoms with E-state index in [-0.39, 0.29) is 5.56 Å². The van der Waals surface area contributed by atoms with Crippen molar-refractivity contribution in [3.8, 4) is 5.82 Å². The standard InChI is InChI=1S/C28H23F3N8O/c1-17-8-9-21(36-26(40)19-6-3-7-20(13-19)28(29,30)31)14-22(17)37-27-33-11-12-39(27)24-15-23(34-16-35-24)38-25-18(2)5-4-10-32-25/h3-16H,1-2H3,(H,33,37)(H,36,40)(H,32,34,35,38). The maximum atomic E-state index is 13.1. The van der Waals surface area contributed by atoms with Crippen LogP contribution in [0.2, 0.25) is 0 Å². The third kappa shape index (κ3) is 5.90. The molecule has 3 aromatic heterocycles. The van der Waals surface area contributed by atoms with Gasteiger partial charge in [-0.3, -0.25) is 9.36 Å². The fourth-order valence-electron chi connectivity index (χ4n) is 3.86. The number of imidazole rings is 1. The Morgan fingerprint density at radius 2 is 1.70 bits per heavy atom. The molecular formula is C28H23F3N8O. The molecule has 5 rings (SSSR count). The van der Waals surface area contributed by atoms with Crippen LogP contribution in [-0.2, 0) is 6.18 Å². The first-order valence-corrected chi connectivity index (χ1v) is 12.1. The van der Waals surface area contributed by atoms with Gasteiger partial charge in [0.2, 0.25) is 5.95 Å². The second kappa shape index (κ2) is 10.8. The molecule has 3 heterocycles. The highest BCUT2D eigenvalue weighted by molar-refractivity contribution is 6.04. The SMILES string of the molecule is Cc1ccc(NC(=O)c2cccc(C(F)(F)F)c2)cc1Nc1nccn1-c1cc(Nc2ncccc2C)ncn1. The Kier molecular flexibility index (Phi) is 7.15. The minimum Gasteiger partial charge on any atom is -0.325 e. The normalized spacial score (nSPS) is 11.2. The molecule has 2 aromatic carbocycles. The average Bonchev–Trinajstić information content (AvgIpc) is 3.40. The van der Waals surface area contributed by atoms with Crippen LogP contribution in [-0.4, -0.2) is 30.4 Å². The van der Waals surface area contributed by atoms with Crippen molar-refractivity contribution >= 4 is 34.9 Å². The number of nitrogens with zero attached hydrogens (tertiary/aromatic N) is 5. The number of carbonyl (C=O) groups is 1. The third-order valence-electron chi connectivity index (χ3n) is 5.99. The molecule has 5 aromatic rings. The second-order valence-electron chi connectivity index (χ2n) is 8.86. The van der Waals surface area contributed by atoms with Gasteiger partial charge in [-0.2, -0.15) is 13.2 Å². The number of hydrogen-bond acceptors (Lipinski definition) is 7. The lowest BCUT2D eigenvalue weighted by molar-refractivity contribution is -0.137. The largest absolute Gasteiger partial charge is 0.416 e. The van der Waals surface area contributed by atoms with Crippen molar-refractivity contribution < 1.29 is 18.0 Å². The van der Waals surface area contributed by atoms with E-state index in [0.29, 0.717) is 34.8 Å². The lowest BCUT2D eigenvalue weighted by Crippen LogP contribution is -2.14. The van der Waals surface area contributed by atoms with Crippen molar-refractivity contribution in [3.63, 3.8) is 0 Å². The summed E-state index contributed by atoms with van der Waals surface area (Å²) in [4.78, 5) is 30.0. The zero-order valence-electron chi connectivity index (χ0n) is 21.4. The van der Waals surface area contributed by atoms with E-state index in [2.05, 4.69) is 35.9 Å². The van der Waals surface area contributed by atoms with Crippen molar-refractivity contribution in [3.05, 3.63) is 108 Å². The molecule has 12 heteroatoms. The fraction of sp³-hybridized carbons (Fsp3) is 0.107. The number of pyridine rings is 1. The molecule has 0 radical (unpaired) electrons. The Hall–Kier alpha value is -5.26. The van der Waals surface area contributed by atoms with Gasteiger partial charge in [-0.25, -0.2) is 19.9 Å². The molecule has 202 valence electrons. The molecule has 0 saturated carbocycles. The number of rotatable bonds is 7. The Bertz CT molecular complexity index is 1680. The van der Waals surface area contributed by atoms with E-state index in [1.807, 2.05) is 26.0 Å².